The molecule has 0 atom stereocenters. The van der Waals surface area contributed by atoms with Gasteiger partial charge in [0, 0.05) is 0 Å². The summed E-state index contributed by atoms with van der Waals surface area (Å²) < 4.78 is 126. The largest absolute Gasteiger partial charge is 0.394 e. The molecule has 0 aromatic heterocycles. The molecule has 0 aliphatic carbocycles. The van der Waals surface area contributed by atoms with Gasteiger partial charge in [-0.1, -0.05) is 0 Å². The van der Waals surface area contributed by atoms with Crippen LogP contribution in [-0.4, -0.2) is 70.1 Å². The van der Waals surface area contributed by atoms with E-state index in [4.69, 9.17) is 70.1 Å². The smallest absolute Gasteiger partial charge is 0.344 e. The van der Waals surface area contributed by atoms with Crippen molar-refractivity contribution < 1.29 is 70.1 Å². The van der Waals surface area contributed by atoms with E-state index in [1.165, 1.54) is 0 Å². The van der Waals surface area contributed by atoms with Crippen molar-refractivity contribution in [2.24, 2.45) is 0 Å². The van der Waals surface area contributed by atoms with Gasteiger partial charge in [-0.2, -0.15) is 33.7 Å². The van der Waals surface area contributed by atoms with Crippen molar-refractivity contribution in [2.75, 3.05) is 0 Å². The quantitative estimate of drug-likeness (QED) is 0.187. The first-order valence-electron chi connectivity index (χ1n) is 2.79. The second kappa shape index (κ2) is 12.0. The van der Waals surface area contributed by atoms with Gasteiger partial charge in [-0.3, -0.25) is 36.4 Å². The molecule has 0 unspecified atom stereocenters. The van der Waals surface area contributed by atoms with Gasteiger partial charge in [0.25, 0.3) is 0 Å². The third-order valence-corrected chi connectivity index (χ3v) is 0. The molecular formula is H11NO16S4. The molecule has 0 aliphatic heterocycles. The molecule has 0 radical (unpaired) electrons. The molecule has 21 heavy (non-hydrogen) atoms. The van der Waals surface area contributed by atoms with E-state index in [1.54, 1.807) is 0 Å². The van der Waals surface area contributed by atoms with Crippen molar-refractivity contribution in [3.8, 4) is 0 Å². The number of hydrogen-bond acceptors (Lipinski definition) is 9. The SMILES string of the molecule is N.O=S(=O)(O)O.O=S(=O)(O)O.O=S(=O)(O)O.O=S(=O)(O)O. The maximum absolute atomic E-state index is 8.74. The van der Waals surface area contributed by atoms with Crippen LogP contribution in [0.1, 0.15) is 0 Å². The first kappa shape index (κ1) is 32.4. The van der Waals surface area contributed by atoms with Gasteiger partial charge in [0.15, 0.2) is 0 Å². The minimum atomic E-state index is -4.67. The minimum Gasteiger partial charge on any atom is -0.344 e. The number of hydrogen-bond donors (Lipinski definition) is 9. The van der Waals surface area contributed by atoms with Crippen molar-refractivity contribution in [3.63, 3.8) is 0 Å². The lowest BCUT2D eigenvalue weighted by molar-refractivity contribution is 0.378. The van der Waals surface area contributed by atoms with Crippen LogP contribution in [0.15, 0.2) is 0 Å². The van der Waals surface area contributed by atoms with Gasteiger partial charge in [-0.15, -0.1) is 0 Å². The zero-order chi connectivity index (χ0) is 18.0. The van der Waals surface area contributed by atoms with Crippen LogP contribution < -0.4 is 6.15 Å². The van der Waals surface area contributed by atoms with Crippen LogP contribution in [-0.2, 0) is 41.6 Å². The van der Waals surface area contributed by atoms with Crippen LogP contribution in [0.5, 0.6) is 0 Å². The average molecular weight is 409 g/mol. The van der Waals surface area contributed by atoms with Gasteiger partial charge in [-0.25, -0.2) is 0 Å². The Balaban J connectivity index is -0.0000000533. The molecule has 0 saturated carbocycles. The zero-order valence-electron chi connectivity index (χ0n) is 9.18. The lowest BCUT2D eigenvalue weighted by atomic mass is 14.0. The van der Waals surface area contributed by atoms with E-state index in [-0.39, 0.29) is 6.15 Å². The van der Waals surface area contributed by atoms with Crippen LogP contribution >= 0.6 is 0 Å². The van der Waals surface area contributed by atoms with Gasteiger partial charge in [0.1, 0.15) is 0 Å². The van der Waals surface area contributed by atoms with Crippen LogP contribution in [0.3, 0.4) is 0 Å². The van der Waals surface area contributed by atoms with Crippen molar-refractivity contribution in [1.82, 2.24) is 6.15 Å². The van der Waals surface area contributed by atoms with Crippen LogP contribution in [0.2, 0.25) is 0 Å². The summed E-state index contributed by atoms with van der Waals surface area (Å²) in [5.41, 5.74) is 0. The Labute approximate surface area is 118 Å². The molecule has 136 valence electrons. The minimum absolute atomic E-state index is 0. The van der Waals surface area contributed by atoms with Crippen LogP contribution in [0.4, 0.5) is 0 Å². The highest BCUT2D eigenvalue weighted by Crippen LogP contribution is 1.60. The first-order valence-corrected chi connectivity index (χ1v) is 8.38. The summed E-state index contributed by atoms with van der Waals surface area (Å²) in [5.74, 6) is 0. The Morgan fingerprint density at radius 1 is 0.333 bits per heavy atom. The fourth-order valence-corrected chi connectivity index (χ4v) is 0. The lowest BCUT2D eigenvalue weighted by Crippen LogP contribution is -1.89. The zero-order valence-corrected chi connectivity index (χ0v) is 12.4. The van der Waals surface area contributed by atoms with E-state index in [1.807, 2.05) is 0 Å². The van der Waals surface area contributed by atoms with E-state index in [0.717, 1.165) is 0 Å². The molecule has 0 saturated heterocycles. The van der Waals surface area contributed by atoms with E-state index >= 15 is 0 Å². The molecular weight excluding hydrogens is 398 g/mol. The highest BCUT2D eigenvalue weighted by atomic mass is 32.3. The molecule has 0 heterocycles. The summed E-state index contributed by atoms with van der Waals surface area (Å²) >= 11 is 0. The summed E-state index contributed by atoms with van der Waals surface area (Å²) in [5, 5.41) is 0. The molecule has 0 spiro atoms. The monoisotopic (exact) mass is 409 g/mol. The maximum Gasteiger partial charge on any atom is 0.394 e. The molecule has 0 rings (SSSR count). The molecule has 11 N–H and O–H groups in total. The Morgan fingerprint density at radius 2 is 0.333 bits per heavy atom. The predicted molar refractivity (Wildman–Crippen MR) is 61.7 cm³/mol. The summed E-state index contributed by atoms with van der Waals surface area (Å²) in [4.78, 5) is 0. The molecule has 0 bridgehead atoms. The van der Waals surface area contributed by atoms with E-state index in [0.29, 0.717) is 0 Å². The van der Waals surface area contributed by atoms with Crippen LogP contribution in [0.25, 0.3) is 0 Å². The third kappa shape index (κ3) is 18900. The van der Waals surface area contributed by atoms with Crippen molar-refractivity contribution in [3.05, 3.63) is 0 Å². The third-order valence-electron chi connectivity index (χ3n) is 0. The highest BCUT2D eigenvalue weighted by Gasteiger charge is 1.86. The van der Waals surface area contributed by atoms with Crippen molar-refractivity contribution in [2.45, 2.75) is 0 Å². The first-order chi connectivity index (χ1) is 8.00. The fourth-order valence-electron chi connectivity index (χ4n) is 0. The normalized spacial score (nSPS) is 11.0. The summed E-state index contributed by atoms with van der Waals surface area (Å²) in [6, 6.07) is 0. The Morgan fingerprint density at radius 3 is 0.333 bits per heavy atom. The van der Waals surface area contributed by atoms with Gasteiger partial charge >= 0.3 is 41.6 Å². The second-order valence-corrected chi connectivity index (χ2v) is 5.37. The van der Waals surface area contributed by atoms with Crippen molar-refractivity contribution in [1.29, 1.82) is 0 Å². The summed E-state index contributed by atoms with van der Waals surface area (Å²) in [7, 11) is -18.7. The van der Waals surface area contributed by atoms with Gasteiger partial charge in [-0.05, 0) is 0 Å². The fraction of sp³-hybridized carbons (Fsp3) is 0. The van der Waals surface area contributed by atoms with Crippen molar-refractivity contribution >= 4 is 41.6 Å². The lowest BCUT2D eigenvalue weighted by Gasteiger charge is -1.68. The van der Waals surface area contributed by atoms with Gasteiger partial charge in [0.2, 0.25) is 0 Å². The highest BCUT2D eigenvalue weighted by molar-refractivity contribution is 7.80. The van der Waals surface area contributed by atoms with E-state index in [9.17, 15) is 0 Å². The number of rotatable bonds is 0. The molecule has 0 fully saturated rings. The standard InChI is InChI=1S/H3N.4H2O4S/c;4*1-5(2,3)4/h1H3;4*(H2,1,2,3,4). The maximum atomic E-state index is 8.74. The van der Waals surface area contributed by atoms with E-state index in [2.05, 4.69) is 0 Å². The predicted octanol–water partition coefficient (Wildman–Crippen LogP) is -2.45. The summed E-state index contributed by atoms with van der Waals surface area (Å²) in [6.45, 7) is 0. The Hall–Kier alpha value is -0.560. The van der Waals surface area contributed by atoms with Crippen LogP contribution in [0, 0.1) is 0 Å². The topological polar surface area (TPSA) is 333 Å². The molecule has 17 nitrogen and oxygen atoms in total. The summed E-state index contributed by atoms with van der Waals surface area (Å²) in [6.07, 6.45) is 0. The van der Waals surface area contributed by atoms with Gasteiger partial charge in [0.05, 0.1) is 0 Å². The Kier molecular flexibility index (Phi) is 18.6. The second-order valence-electron chi connectivity index (χ2n) is 1.79. The molecule has 0 amide bonds. The molecule has 21 heteroatoms. The molecule has 0 aromatic rings. The molecule has 0 aliphatic rings. The molecule has 0 aromatic carbocycles. The van der Waals surface area contributed by atoms with E-state index < -0.39 is 41.6 Å². The van der Waals surface area contributed by atoms with Gasteiger partial charge < -0.3 is 6.15 Å². The Bertz CT molecular complexity index is 473. The average Bonchev–Trinajstić information content (AvgIpc) is 1.62.